The van der Waals surface area contributed by atoms with E-state index in [4.69, 9.17) is 11.6 Å². The van der Waals surface area contributed by atoms with Crippen molar-refractivity contribution in [1.29, 1.82) is 0 Å². The predicted molar refractivity (Wildman–Crippen MR) is 129 cm³/mol. The minimum atomic E-state index is -0.219. The van der Waals surface area contributed by atoms with Gasteiger partial charge in [0.25, 0.3) is 0 Å². The number of para-hydroxylation sites is 1. The number of rotatable bonds is 4. The zero-order valence-corrected chi connectivity index (χ0v) is 18.2. The molecule has 0 atom stereocenters. The van der Waals surface area contributed by atoms with E-state index in [2.05, 4.69) is 33.4 Å². The maximum Gasteiger partial charge on any atom is 0.248 e. The van der Waals surface area contributed by atoms with E-state index in [0.29, 0.717) is 16.9 Å². The second kappa shape index (κ2) is 8.72. The molecule has 1 N–H and O–H groups in total. The van der Waals surface area contributed by atoms with Gasteiger partial charge in [-0.2, -0.15) is 0 Å². The summed E-state index contributed by atoms with van der Waals surface area (Å²) in [6, 6.07) is 16.8. The maximum absolute atomic E-state index is 12.5. The second-order valence-corrected chi connectivity index (χ2v) is 8.82. The molecule has 1 aliphatic heterocycles. The van der Waals surface area contributed by atoms with Crippen molar-refractivity contribution < 1.29 is 4.79 Å². The molecule has 1 fully saturated rings. The van der Waals surface area contributed by atoms with Gasteiger partial charge >= 0.3 is 0 Å². The number of halogens is 1. The summed E-state index contributed by atoms with van der Waals surface area (Å²) >= 11 is 6.25. The monoisotopic (exact) mass is 431 g/mol. The van der Waals surface area contributed by atoms with E-state index in [1.54, 1.807) is 6.08 Å². The zero-order valence-electron chi connectivity index (χ0n) is 17.5. The minimum absolute atomic E-state index is 0.219. The highest BCUT2D eigenvalue weighted by Gasteiger charge is 2.27. The Kier molecular flexibility index (Phi) is 5.65. The molecule has 5 heteroatoms. The molecule has 1 amide bonds. The van der Waals surface area contributed by atoms with Crippen molar-refractivity contribution in [3.63, 3.8) is 0 Å². The fraction of sp³-hybridized carbons (Fsp3) is 0.308. The molecule has 5 rings (SSSR count). The van der Waals surface area contributed by atoms with Crippen molar-refractivity contribution in [2.75, 3.05) is 16.8 Å². The first-order valence-electron chi connectivity index (χ1n) is 11.1. The summed E-state index contributed by atoms with van der Waals surface area (Å²) < 4.78 is 0. The molecular weight excluding hydrogens is 406 g/mol. The van der Waals surface area contributed by atoms with Crippen LogP contribution in [0, 0.1) is 0 Å². The lowest BCUT2D eigenvalue weighted by atomic mass is 9.94. The average molecular weight is 432 g/mol. The normalized spacial score (nSPS) is 16.7. The van der Waals surface area contributed by atoms with E-state index < -0.39 is 0 Å². The van der Waals surface area contributed by atoms with Crippen LogP contribution in [-0.2, 0) is 11.2 Å². The molecule has 1 aliphatic carbocycles. The Labute approximate surface area is 187 Å². The number of benzene rings is 2. The van der Waals surface area contributed by atoms with Crippen LogP contribution in [0.15, 0.2) is 54.6 Å². The second-order valence-electron chi connectivity index (χ2n) is 8.47. The Hall–Kier alpha value is -2.85. The van der Waals surface area contributed by atoms with Crippen LogP contribution >= 0.6 is 11.6 Å². The van der Waals surface area contributed by atoms with Gasteiger partial charge in [-0.1, -0.05) is 55.1 Å². The number of anilines is 2. The molecule has 0 radical (unpaired) electrons. The Balaban J connectivity index is 1.28. The first kappa shape index (κ1) is 20.1. The molecule has 31 heavy (non-hydrogen) atoms. The molecule has 1 saturated carbocycles. The summed E-state index contributed by atoms with van der Waals surface area (Å²) in [5, 5.41) is 4.08. The molecule has 0 spiro atoms. The van der Waals surface area contributed by atoms with Crippen molar-refractivity contribution in [2.24, 2.45) is 0 Å². The number of nitrogens with zero attached hydrogens (tertiary/aromatic N) is 2. The molecule has 2 aromatic carbocycles. The highest BCUT2D eigenvalue weighted by atomic mass is 35.5. The number of fused-ring (bicyclic) bond motifs is 2. The van der Waals surface area contributed by atoms with Gasteiger partial charge < -0.3 is 10.2 Å². The van der Waals surface area contributed by atoms with Gasteiger partial charge in [-0.05, 0) is 60.7 Å². The van der Waals surface area contributed by atoms with Gasteiger partial charge in [-0.25, -0.2) is 4.98 Å². The van der Waals surface area contributed by atoms with Crippen molar-refractivity contribution in [3.05, 3.63) is 70.9 Å². The van der Waals surface area contributed by atoms with Crippen LogP contribution in [-0.4, -0.2) is 23.5 Å². The van der Waals surface area contributed by atoms with Gasteiger partial charge in [0.05, 0.1) is 11.2 Å². The highest BCUT2D eigenvalue weighted by Crippen LogP contribution is 2.35. The molecule has 2 aliphatic rings. The largest absolute Gasteiger partial charge is 0.368 e. The van der Waals surface area contributed by atoms with Crippen LogP contribution in [0.25, 0.3) is 17.0 Å². The SMILES string of the molecule is O=C(/C=C\c1ccc2c(c1)CCN2C1CCCCC1)Nc1cc2ccccc2nc1Cl. The van der Waals surface area contributed by atoms with Crippen LogP contribution in [0.3, 0.4) is 0 Å². The fourth-order valence-electron chi connectivity index (χ4n) is 4.85. The third-order valence-electron chi connectivity index (χ3n) is 6.41. The molecule has 1 aromatic heterocycles. The number of nitrogens with one attached hydrogen (secondary N) is 1. The number of carbonyl (C=O) groups is 1. The summed E-state index contributed by atoms with van der Waals surface area (Å²) in [4.78, 5) is 19.4. The molecule has 2 heterocycles. The number of hydrogen-bond acceptors (Lipinski definition) is 3. The lowest BCUT2D eigenvalue weighted by Crippen LogP contribution is -2.35. The molecule has 3 aromatic rings. The zero-order chi connectivity index (χ0) is 21.2. The molecular formula is C26H26ClN3O. The first-order chi connectivity index (χ1) is 15.2. The number of carbonyl (C=O) groups excluding carboxylic acids is 1. The van der Waals surface area contributed by atoms with Gasteiger partial charge in [0.1, 0.15) is 0 Å². The number of aromatic nitrogens is 1. The third kappa shape index (κ3) is 4.31. The van der Waals surface area contributed by atoms with Crippen LogP contribution in [0.5, 0.6) is 0 Å². The van der Waals surface area contributed by atoms with Gasteiger partial charge in [0, 0.05) is 29.7 Å². The van der Waals surface area contributed by atoms with Crippen molar-refractivity contribution in [1.82, 2.24) is 4.98 Å². The first-order valence-corrected chi connectivity index (χ1v) is 11.5. The van der Waals surface area contributed by atoms with E-state index in [1.165, 1.54) is 43.4 Å². The summed E-state index contributed by atoms with van der Waals surface area (Å²) in [5.74, 6) is -0.219. The molecule has 0 unspecified atom stereocenters. The van der Waals surface area contributed by atoms with Crippen molar-refractivity contribution in [2.45, 2.75) is 44.6 Å². The maximum atomic E-state index is 12.5. The number of hydrogen-bond donors (Lipinski definition) is 1. The Morgan fingerprint density at radius 3 is 2.81 bits per heavy atom. The smallest absolute Gasteiger partial charge is 0.248 e. The van der Waals surface area contributed by atoms with Crippen LogP contribution < -0.4 is 10.2 Å². The van der Waals surface area contributed by atoms with E-state index in [9.17, 15) is 4.79 Å². The summed E-state index contributed by atoms with van der Waals surface area (Å²) in [7, 11) is 0. The fourth-order valence-corrected chi connectivity index (χ4v) is 5.04. The summed E-state index contributed by atoms with van der Waals surface area (Å²) in [6.07, 6.45) is 11.2. The van der Waals surface area contributed by atoms with Crippen LogP contribution in [0.4, 0.5) is 11.4 Å². The quantitative estimate of drug-likeness (QED) is 0.393. The van der Waals surface area contributed by atoms with Crippen LogP contribution in [0.2, 0.25) is 5.15 Å². The van der Waals surface area contributed by atoms with Gasteiger partial charge in [-0.15, -0.1) is 0 Å². The van der Waals surface area contributed by atoms with Gasteiger partial charge in [0.15, 0.2) is 5.15 Å². The summed E-state index contributed by atoms with van der Waals surface area (Å²) in [5.41, 5.74) is 5.13. The van der Waals surface area contributed by atoms with Crippen molar-refractivity contribution >= 4 is 45.9 Å². The third-order valence-corrected chi connectivity index (χ3v) is 6.70. The average Bonchev–Trinajstić information content (AvgIpc) is 3.22. The highest BCUT2D eigenvalue weighted by molar-refractivity contribution is 6.33. The van der Waals surface area contributed by atoms with E-state index in [-0.39, 0.29) is 5.91 Å². The standard InChI is InChI=1S/C26H26ClN3O/c27-26-23(17-19-6-4-5-9-22(19)29-26)28-25(31)13-11-18-10-12-24-20(16-18)14-15-30(24)21-7-2-1-3-8-21/h4-6,9-13,16-17,21H,1-3,7-8,14-15H2,(H,28,31)/b13-11-. The molecule has 0 bridgehead atoms. The Bertz CT molecular complexity index is 1150. The lowest BCUT2D eigenvalue weighted by molar-refractivity contribution is -0.111. The molecule has 0 saturated heterocycles. The van der Waals surface area contributed by atoms with E-state index in [0.717, 1.165) is 29.4 Å². The van der Waals surface area contributed by atoms with Gasteiger partial charge in [0.2, 0.25) is 5.91 Å². The van der Waals surface area contributed by atoms with E-state index in [1.807, 2.05) is 36.4 Å². The molecule has 158 valence electrons. The number of pyridine rings is 1. The number of amides is 1. The lowest BCUT2D eigenvalue weighted by Gasteiger charge is -2.33. The van der Waals surface area contributed by atoms with Gasteiger partial charge in [-0.3, -0.25) is 4.79 Å². The topological polar surface area (TPSA) is 45.2 Å². The predicted octanol–water partition coefficient (Wildman–Crippen LogP) is 6.24. The summed E-state index contributed by atoms with van der Waals surface area (Å²) in [6.45, 7) is 1.11. The van der Waals surface area contributed by atoms with E-state index >= 15 is 0 Å². The molecule has 4 nitrogen and oxygen atoms in total. The minimum Gasteiger partial charge on any atom is -0.368 e. The van der Waals surface area contributed by atoms with Crippen molar-refractivity contribution in [3.8, 4) is 0 Å². The van der Waals surface area contributed by atoms with Crippen LogP contribution in [0.1, 0.15) is 43.2 Å². The Morgan fingerprint density at radius 2 is 1.94 bits per heavy atom. The Morgan fingerprint density at radius 1 is 1.10 bits per heavy atom.